The Kier molecular flexibility index (Phi) is 3.35. The summed E-state index contributed by atoms with van der Waals surface area (Å²) in [6.07, 6.45) is 10.8. The molecule has 3 heteroatoms. The summed E-state index contributed by atoms with van der Waals surface area (Å²) >= 11 is 0. The maximum absolute atomic E-state index is 12.9. The van der Waals surface area contributed by atoms with Crippen molar-refractivity contribution >= 4 is 5.91 Å². The number of nitrogens with zero attached hydrogens (tertiary/aromatic N) is 1. The van der Waals surface area contributed by atoms with Gasteiger partial charge in [-0.3, -0.25) is 4.79 Å². The molecule has 3 aliphatic rings. The Hall–Kier alpha value is -0.570. The Morgan fingerprint density at radius 1 is 1.17 bits per heavy atom. The zero-order chi connectivity index (χ0) is 12.6. The van der Waals surface area contributed by atoms with Crippen LogP contribution in [0.2, 0.25) is 0 Å². The minimum atomic E-state index is -0.207. The Bertz CT molecular complexity index is 320. The smallest absolute Gasteiger partial charge is 0.230 e. The molecule has 0 aromatic heterocycles. The van der Waals surface area contributed by atoms with E-state index in [-0.39, 0.29) is 5.41 Å². The van der Waals surface area contributed by atoms with Gasteiger partial charge in [0.2, 0.25) is 5.91 Å². The quantitative estimate of drug-likeness (QED) is 0.764. The molecule has 2 aliphatic carbocycles. The third-order valence-corrected chi connectivity index (χ3v) is 5.58. The normalized spacial score (nSPS) is 34.6. The van der Waals surface area contributed by atoms with Crippen LogP contribution in [-0.2, 0) is 4.79 Å². The summed E-state index contributed by atoms with van der Waals surface area (Å²) in [7, 11) is 0. The zero-order valence-corrected chi connectivity index (χ0v) is 11.4. The highest BCUT2D eigenvalue weighted by molar-refractivity contribution is 5.83. The lowest BCUT2D eigenvalue weighted by Crippen LogP contribution is -2.50. The van der Waals surface area contributed by atoms with Crippen molar-refractivity contribution < 1.29 is 4.79 Å². The molecule has 1 aliphatic heterocycles. The molecule has 1 heterocycles. The first-order valence-corrected chi connectivity index (χ1v) is 7.76. The first kappa shape index (κ1) is 12.5. The Morgan fingerprint density at radius 2 is 1.89 bits per heavy atom. The lowest BCUT2D eigenvalue weighted by atomic mass is 9.78. The molecule has 0 spiro atoms. The molecule has 2 atom stereocenters. The van der Waals surface area contributed by atoms with E-state index in [1.165, 1.54) is 44.9 Å². The average Bonchev–Trinajstić information content (AvgIpc) is 2.94. The molecule has 3 nitrogen and oxygen atoms in total. The molecular formula is C15H26N2O. The predicted octanol–water partition coefficient (Wildman–Crippen LogP) is 2.30. The fraction of sp³-hybridized carbons (Fsp3) is 0.933. The number of carbonyl (C=O) groups excluding carboxylic acids is 1. The van der Waals surface area contributed by atoms with E-state index >= 15 is 0 Å². The number of piperidine rings is 1. The summed E-state index contributed by atoms with van der Waals surface area (Å²) in [5, 5.41) is 0. The van der Waals surface area contributed by atoms with Gasteiger partial charge in [0.05, 0.1) is 5.41 Å². The van der Waals surface area contributed by atoms with Crippen LogP contribution >= 0.6 is 0 Å². The van der Waals surface area contributed by atoms with Crippen LogP contribution in [-0.4, -0.2) is 29.9 Å². The van der Waals surface area contributed by atoms with Crippen molar-refractivity contribution in [3.63, 3.8) is 0 Å². The molecule has 2 bridgehead atoms. The Balaban J connectivity index is 1.76. The van der Waals surface area contributed by atoms with Crippen molar-refractivity contribution in [1.29, 1.82) is 0 Å². The molecule has 2 saturated carbocycles. The Labute approximate surface area is 110 Å². The standard InChI is InChI=1S/C15H26N2O/c16-11-15(7-3-1-2-4-8-15)14(18)17-10-12-5-6-13(17)9-12/h12-13H,1-11,16H2. The molecule has 0 aromatic rings. The summed E-state index contributed by atoms with van der Waals surface area (Å²) in [4.78, 5) is 15.1. The summed E-state index contributed by atoms with van der Waals surface area (Å²) in [6, 6.07) is 0.550. The summed E-state index contributed by atoms with van der Waals surface area (Å²) in [5.74, 6) is 1.19. The van der Waals surface area contributed by atoms with Gasteiger partial charge in [-0.25, -0.2) is 0 Å². The van der Waals surface area contributed by atoms with Crippen LogP contribution in [0.3, 0.4) is 0 Å². The summed E-state index contributed by atoms with van der Waals surface area (Å²) < 4.78 is 0. The number of rotatable bonds is 2. The molecule has 2 unspecified atom stereocenters. The van der Waals surface area contributed by atoms with Crippen LogP contribution in [0.15, 0.2) is 0 Å². The monoisotopic (exact) mass is 250 g/mol. The number of likely N-dealkylation sites (tertiary alicyclic amines) is 1. The maximum atomic E-state index is 12.9. The van der Waals surface area contributed by atoms with Crippen LogP contribution in [0.25, 0.3) is 0 Å². The number of hydrogen-bond acceptors (Lipinski definition) is 2. The second-order valence-electron chi connectivity index (χ2n) is 6.69. The summed E-state index contributed by atoms with van der Waals surface area (Å²) in [6.45, 7) is 1.57. The van der Waals surface area contributed by atoms with E-state index < -0.39 is 0 Å². The van der Waals surface area contributed by atoms with Crippen molar-refractivity contribution in [1.82, 2.24) is 4.90 Å². The second kappa shape index (κ2) is 4.84. The van der Waals surface area contributed by atoms with E-state index in [0.717, 1.165) is 25.3 Å². The van der Waals surface area contributed by atoms with Gasteiger partial charge in [-0.05, 0) is 38.0 Å². The summed E-state index contributed by atoms with van der Waals surface area (Å²) in [5.41, 5.74) is 5.82. The van der Waals surface area contributed by atoms with Crippen LogP contribution < -0.4 is 5.73 Å². The second-order valence-corrected chi connectivity index (χ2v) is 6.69. The maximum Gasteiger partial charge on any atom is 0.230 e. The molecule has 102 valence electrons. The highest BCUT2D eigenvalue weighted by Crippen LogP contribution is 2.43. The lowest BCUT2D eigenvalue weighted by Gasteiger charge is -2.38. The van der Waals surface area contributed by atoms with Crippen LogP contribution in [0.1, 0.15) is 57.8 Å². The Morgan fingerprint density at radius 3 is 2.39 bits per heavy atom. The topological polar surface area (TPSA) is 46.3 Å². The third kappa shape index (κ3) is 1.97. The van der Waals surface area contributed by atoms with Gasteiger partial charge in [-0.2, -0.15) is 0 Å². The number of hydrogen-bond donors (Lipinski definition) is 1. The number of nitrogens with two attached hydrogens (primary N) is 1. The van der Waals surface area contributed by atoms with Gasteiger partial charge in [0, 0.05) is 19.1 Å². The average molecular weight is 250 g/mol. The third-order valence-electron chi connectivity index (χ3n) is 5.58. The first-order valence-electron chi connectivity index (χ1n) is 7.76. The van der Waals surface area contributed by atoms with E-state index in [1.54, 1.807) is 0 Å². The number of amides is 1. The van der Waals surface area contributed by atoms with Crippen LogP contribution in [0, 0.1) is 11.3 Å². The van der Waals surface area contributed by atoms with Crippen molar-refractivity contribution in [3.8, 4) is 0 Å². The van der Waals surface area contributed by atoms with E-state index in [1.807, 2.05) is 0 Å². The van der Waals surface area contributed by atoms with Gasteiger partial charge in [-0.1, -0.05) is 25.7 Å². The van der Waals surface area contributed by atoms with Crippen molar-refractivity contribution in [2.24, 2.45) is 17.1 Å². The number of carbonyl (C=O) groups is 1. The fourth-order valence-corrected chi connectivity index (χ4v) is 4.39. The highest BCUT2D eigenvalue weighted by Gasteiger charge is 2.47. The first-order chi connectivity index (χ1) is 8.75. The molecule has 2 N–H and O–H groups in total. The molecule has 1 amide bonds. The molecule has 0 aromatic carbocycles. The molecule has 1 saturated heterocycles. The molecule has 3 fully saturated rings. The lowest BCUT2D eigenvalue weighted by molar-refractivity contribution is -0.144. The van der Waals surface area contributed by atoms with Gasteiger partial charge in [-0.15, -0.1) is 0 Å². The minimum absolute atomic E-state index is 0.207. The number of fused-ring (bicyclic) bond motifs is 2. The van der Waals surface area contributed by atoms with E-state index in [9.17, 15) is 4.79 Å². The van der Waals surface area contributed by atoms with Gasteiger partial charge in [0.1, 0.15) is 0 Å². The van der Waals surface area contributed by atoms with Crippen molar-refractivity contribution in [2.75, 3.05) is 13.1 Å². The van der Waals surface area contributed by atoms with Crippen LogP contribution in [0.5, 0.6) is 0 Å². The molecule has 0 radical (unpaired) electrons. The molecular weight excluding hydrogens is 224 g/mol. The van der Waals surface area contributed by atoms with Crippen LogP contribution in [0.4, 0.5) is 0 Å². The predicted molar refractivity (Wildman–Crippen MR) is 72.0 cm³/mol. The highest BCUT2D eigenvalue weighted by atomic mass is 16.2. The molecule has 18 heavy (non-hydrogen) atoms. The van der Waals surface area contributed by atoms with Gasteiger partial charge < -0.3 is 10.6 Å². The van der Waals surface area contributed by atoms with E-state index in [0.29, 0.717) is 18.5 Å². The SMILES string of the molecule is NCC1(C(=O)N2CC3CCC2C3)CCCCCC1. The van der Waals surface area contributed by atoms with Gasteiger partial charge in [0.25, 0.3) is 0 Å². The van der Waals surface area contributed by atoms with Gasteiger partial charge in [0.15, 0.2) is 0 Å². The van der Waals surface area contributed by atoms with Crippen molar-refractivity contribution in [2.45, 2.75) is 63.8 Å². The van der Waals surface area contributed by atoms with E-state index in [2.05, 4.69) is 4.90 Å². The zero-order valence-electron chi connectivity index (χ0n) is 11.4. The largest absolute Gasteiger partial charge is 0.339 e. The fourth-order valence-electron chi connectivity index (χ4n) is 4.39. The van der Waals surface area contributed by atoms with Crippen molar-refractivity contribution in [3.05, 3.63) is 0 Å². The molecule has 3 rings (SSSR count). The van der Waals surface area contributed by atoms with E-state index in [4.69, 9.17) is 5.73 Å². The minimum Gasteiger partial charge on any atom is -0.339 e. The van der Waals surface area contributed by atoms with Gasteiger partial charge >= 0.3 is 0 Å².